The third kappa shape index (κ3) is 3.25. The molecule has 2 aliphatic rings. The molecule has 1 N–H and O–H groups in total. The maximum atomic E-state index is 12.1. The van der Waals surface area contributed by atoms with Gasteiger partial charge in [-0.3, -0.25) is 0 Å². The predicted molar refractivity (Wildman–Crippen MR) is 105 cm³/mol. The van der Waals surface area contributed by atoms with Crippen molar-refractivity contribution in [3.8, 4) is 11.4 Å². The number of anilines is 1. The van der Waals surface area contributed by atoms with Gasteiger partial charge in [-0.15, -0.1) is 11.3 Å². The molecule has 4 heterocycles. The summed E-state index contributed by atoms with van der Waals surface area (Å²) in [7, 11) is 0. The van der Waals surface area contributed by atoms with E-state index in [1.54, 1.807) is 11.3 Å². The van der Waals surface area contributed by atoms with Crippen molar-refractivity contribution in [3.63, 3.8) is 0 Å². The highest BCUT2D eigenvalue weighted by Crippen LogP contribution is 2.31. The summed E-state index contributed by atoms with van der Waals surface area (Å²) in [4.78, 5) is 28.7. The quantitative estimate of drug-likeness (QED) is 0.750. The van der Waals surface area contributed by atoms with E-state index in [4.69, 9.17) is 4.74 Å². The van der Waals surface area contributed by atoms with Crippen molar-refractivity contribution in [2.24, 2.45) is 0 Å². The average molecular weight is 383 g/mol. The van der Waals surface area contributed by atoms with Gasteiger partial charge < -0.3 is 19.5 Å². The fourth-order valence-electron chi connectivity index (χ4n) is 3.45. The Morgan fingerprint density at radius 3 is 2.81 bits per heavy atom. The average Bonchev–Trinajstić information content (AvgIpc) is 3.21. The predicted octanol–water partition coefficient (Wildman–Crippen LogP) is 3.42. The number of aryl methyl sites for hydroxylation is 1. The van der Waals surface area contributed by atoms with E-state index in [1.807, 2.05) is 24.1 Å². The largest absolute Gasteiger partial charge is 0.446 e. The Kier molecular flexibility index (Phi) is 4.00. The number of ether oxygens (including phenoxy) is 1. The van der Waals surface area contributed by atoms with E-state index in [2.05, 4.69) is 31.3 Å². The zero-order valence-corrected chi connectivity index (χ0v) is 16.0. The zero-order valence-electron chi connectivity index (χ0n) is 15.1. The monoisotopic (exact) mass is 383 g/mol. The molecule has 7 nitrogen and oxygen atoms in total. The molecule has 0 aromatic carbocycles. The molecule has 5 rings (SSSR count). The van der Waals surface area contributed by atoms with E-state index in [9.17, 15) is 4.79 Å². The Bertz CT molecular complexity index is 985. The van der Waals surface area contributed by atoms with Gasteiger partial charge in [0.25, 0.3) is 0 Å². The molecule has 0 atom stereocenters. The number of thiazole rings is 1. The molecule has 0 radical (unpaired) electrons. The van der Waals surface area contributed by atoms with Crippen LogP contribution in [-0.2, 0) is 4.74 Å². The van der Waals surface area contributed by atoms with Gasteiger partial charge in [0, 0.05) is 48.8 Å². The first-order chi connectivity index (χ1) is 13.2. The Labute approximate surface area is 161 Å². The van der Waals surface area contributed by atoms with E-state index < -0.39 is 0 Å². The van der Waals surface area contributed by atoms with Gasteiger partial charge in [-0.25, -0.2) is 14.8 Å². The molecule has 0 bridgehead atoms. The van der Waals surface area contributed by atoms with Crippen molar-refractivity contribution in [3.05, 3.63) is 28.7 Å². The topological polar surface area (TPSA) is 74.3 Å². The fourth-order valence-corrected chi connectivity index (χ4v) is 4.06. The first kappa shape index (κ1) is 16.6. The molecule has 140 valence electrons. The van der Waals surface area contributed by atoms with Crippen LogP contribution in [0.15, 0.2) is 23.7 Å². The number of pyridine rings is 1. The second-order valence-electron chi connectivity index (χ2n) is 7.08. The maximum absolute atomic E-state index is 12.1. The number of carbonyl (C=O) groups excluding carboxylic acids is 1. The minimum atomic E-state index is -0.167. The van der Waals surface area contributed by atoms with Gasteiger partial charge in [0.2, 0.25) is 0 Å². The summed E-state index contributed by atoms with van der Waals surface area (Å²) in [5, 5.41) is 4.20. The molecule has 1 amide bonds. The van der Waals surface area contributed by atoms with Crippen LogP contribution in [0.2, 0.25) is 0 Å². The number of H-pyrrole nitrogens is 1. The van der Waals surface area contributed by atoms with Crippen LogP contribution in [0.25, 0.3) is 22.4 Å². The number of hydrogen-bond donors (Lipinski definition) is 1. The van der Waals surface area contributed by atoms with Gasteiger partial charge in [-0.2, -0.15) is 0 Å². The molecular weight excluding hydrogens is 362 g/mol. The molecule has 1 saturated carbocycles. The van der Waals surface area contributed by atoms with Gasteiger partial charge >= 0.3 is 6.09 Å². The number of rotatable bonds is 3. The zero-order chi connectivity index (χ0) is 18.4. The minimum Gasteiger partial charge on any atom is -0.446 e. The number of carbonyl (C=O) groups is 1. The highest BCUT2D eigenvalue weighted by molar-refractivity contribution is 7.09. The first-order valence-electron chi connectivity index (χ1n) is 9.28. The van der Waals surface area contributed by atoms with Crippen LogP contribution in [0.3, 0.4) is 0 Å². The third-order valence-electron chi connectivity index (χ3n) is 5.07. The van der Waals surface area contributed by atoms with Crippen molar-refractivity contribution < 1.29 is 9.53 Å². The number of fused-ring (bicyclic) bond motifs is 1. The van der Waals surface area contributed by atoms with Gasteiger partial charge in [0.15, 0.2) is 0 Å². The molecule has 2 fully saturated rings. The van der Waals surface area contributed by atoms with Crippen LogP contribution in [0.1, 0.15) is 17.8 Å². The van der Waals surface area contributed by atoms with Crippen LogP contribution < -0.4 is 4.90 Å². The molecule has 3 aromatic heterocycles. The van der Waals surface area contributed by atoms with E-state index >= 15 is 0 Å². The molecule has 27 heavy (non-hydrogen) atoms. The number of aromatic nitrogens is 3. The Hall–Kier alpha value is -2.61. The lowest BCUT2D eigenvalue weighted by molar-refractivity contribution is 0.0939. The summed E-state index contributed by atoms with van der Waals surface area (Å²) in [6.45, 7) is 4.94. The van der Waals surface area contributed by atoms with Crippen LogP contribution in [0, 0.1) is 6.92 Å². The number of nitrogens with zero attached hydrogens (tertiary/aromatic N) is 4. The summed E-state index contributed by atoms with van der Waals surface area (Å²) in [6.07, 6.45) is 3.84. The Balaban J connectivity index is 1.35. The van der Waals surface area contributed by atoms with Gasteiger partial charge in [0.05, 0.1) is 16.4 Å². The standard InChI is InChI=1S/C19H21N5O2S/c1-12-21-16(11-27-12)15-10-14-17(4-5-20-18(14)22-15)23-6-8-24(9-7-23)19(25)26-13-2-3-13/h4-5,10-11,13H,2-3,6-9H2,1H3,(H,20,22). The van der Waals surface area contributed by atoms with Crippen LogP contribution in [-0.4, -0.2) is 58.2 Å². The second kappa shape index (κ2) is 6.53. The SMILES string of the molecule is Cc1nc(-c2cc3c(N4CCN(C(=O)OC5CC5)CC4)ccnc3[nH]2)cs1. The number of aromatic amines is 1. The highest BCUT2D eigenvalue weighted by atomic mass is 32.1. The molecule has 0 spiro atoms. The van der Waals surface area contributed by atoms with Crippen LogP contribution in [0.5, 0.6) is 0 Å². The summed E-state index contributed by atoms with van der Waals surface area (Å²) in [5.41, 5.74) is 3.95. The first-order valence-corrected chi connectivity index (χ1v) is 10.2. The highest BCUT2D eigenvalue weighted by Gasteiger charge is 2.30. The van der Waals surface area contributed by atoms with Crippen LogP contribution in [0.4, 0.5) is 10.5 Å². The van der Waals surface area contributed by atoms with E-state index in [0.29, 0.717) is 13.1 Å². The number of nitrogens with one attached hydrogen (secondary N) is 1. The number of hydrogen-bond acceptors (Lipinski definition) is 6. The summed E-state index contributed by atoms with van der Waals surface area (Å²) >= 11 is 1.64. The summed E-state index contributed by atoms with van der Waals surface area (Å²) < 4.78 is 5.41. The molecule has 1 saturated heterocycles. The Morgan fingerprint density at radius 1 is 1.30 bits per heavy atom. The summed E-state index contributed by atoms with van der Waals surface area (Å²) in [5.74, 6) is 0. The van der Waals surface area contributed by atoms with E-state index in [-0.39, 0.29) is 12.2 Å². The molecule has 3 aromatic rings. The van der Waals surface area contributed by atoms with Crippen molar-refractivity contribution in [1.29, 1.82) is 0 Å². The van der Waals surface area contributed by atoms with Crippen molar-refractivity contribution in [2.75, 3.05) is 31.1 Å². The fraction of sp³-hybridized carbons (Fsp3) is 0.421. The van der Waals surface area contributed by atoms with Crippen molar-refractivity contribution in [1.82, 2.24) is 19.9 Å². The Morgan fingerprint density at radius 2 is 2.11 bits per heavy atom. The lowest BCUT2D eigenvalue weighted by atomic mass is 10.2. The molecule has 8 heteroatoms. The molecule has 1 aliphatic heterocycles. The molecule has 1 aliphatic carbocycles. The smallest absolute Gasteiger partial charge is 0.410 e. The number of amides is 1. The van der Waals surface area contributed by atoms with Gasteiger partial charge in [0.1, 0.15) is 11.8 Å². The second-order valence-corrected chi connectivity index (χ2v) is 8.15. The molecule has 0 unspecified atom stereocenters. The lowest BCUT2D eigenvalue weighted by Crippen LogP contribution is -2.49. The normalized spacial score (nSPS) is 17.5. The van der Waals surface area contributed by atoms with Crippen LogP contribution >= 0.6 is 11.3 Å². The third-order valence-corrected chi connectivity index (χ3v) is 5.85. The molecular formula is C19H21N5O2S. The van der Waals surface area contributed by atoms with E-state index in [1.165, 1.54) is 0 Å². The van der Waals surface area contributed by atoms with Gasteiger partial charge in [-0.05, 0) is 31.9 Å². The number of piperazine rings is 1. The summed E-state index contributed by atoms with van der Waals surface area (Å²) in [6, 6.07) is 4.17. The van der Waals surface area contributed by atoms with Gasteiger partial charge in [-0.1, -0.05) is 0 Å². The lowest BCUT2D eigenvalue weighted by Gasteiger charge is -2.35. The van der Waals surface area contributed by atoms with Crippen molar-refractivity contribution in [2.45, 2.75) is 25.9 Å². The maximum Gasteiger partial charge on any atom is 0.410 e. The minimum absolute atomic E-state index is 0.156. The van der Waals surface area contributed by atoms with E-state index in [0.717, 1.165) is 59.0 Å². The van der Waals surface area contributed by atoms with Crippen molar-refractivity contribution >= 4 is 34.2 Å².